The first-order chi connectivity index (χ1) is 11.0. The van der Waals surface area contributed by atoms with E-state index in [4.69, 9.17) is 4.74 Å². The molecule has 1 aromatic carbocycles. The van der Waals surface area contributed by atoms with Crippen molar-refractivity contribution in [2.24, 2.45) is 0 Å². The Labute approximate surface area is 133 Å². The largest absolute Gasteiger partial charge is 0.377 e. The van der Waals surface area contributed by atoms with Crippen LogP contribution in [0.1, 0.15) is 19.3 Å². The molecule has 3 rings (SSSR count). The Hall–Kier alpha value is -2.00. The number of aromatic amines is 1. The summed E-state index contributed by atoms with van der Waals surface area (Å²) in [5.41, 5.74) is 0.422. The van der Waals surface area contributed by atoms with E-state index < -0.39 is 15.8 Å². The summed E-state index contributed by atoms with van der Waals surface area (Å²) < 4.78 is 46.2. The van der Waals surface area contributed by atoms with E-state index in [9.17, 15) is 12.8 Å². The van der Waals surface area contributed by atoms with Crippen molar-refractivity contribution in [2.45, 2.75) is 25.4 Å². The summed E-state index contributed by atoms with van der Waals surface area (Å²) >= 11 is 0. The van der Waals surface area contributed by atoms with Crippen molar-refractivity contribution >= 4 is 15.7 Å². The summed E-state index contributed by atoms with van der Waals surface area (Å²) in [6.07, 6.45) is 3.62. The minimum Gasteiger partial charge on any atom is -0.377 e. The Morgan fingerprint density at radius 3 is 2.96 bits per heavy atom. The first kappa shape index (κ1) is 15.9. The molecule has 0 amide bonds. The van der Waals surface area contributed by atoms with Crippen molar-refractivity contribution < 1.29 is 17.5 Å². The molecule has 23 heavy (non-hydrogen) atoms. The maximum atomic E-state index is 13.9. The molecule has 1 saturated heterocycles. The van der Waals surface area contributed by atoms with Crippen molar-refractivity contribution in [3.63, 3.8) is 0 Å². The van der Waals surface area contributed by atoms with Crippen molar-refractivity contribution in [3.8, 4) is 11.4 Å². The number of ether oxygens (including phenoxy) is 1. The minimum atomic E-state index is -3.58. The van der Waals surface area contributed by atoms with Gasteiger partial charge in [-0.15, -0.1) is 0 Å². The van der Waals surface area contributed by atoms with E-state index in [2.05, 4.69) is 19.9 Å². The van der Waals surface area contributed by atoms with E-state index in [0.717, 1.165) is 19.3 Å². The summed E-state index contributed by atoms with van der Waals surface area (Å²) in [7, 11) is -3.58. The Balaban J connectivity index is 1.75. The number of aromatic nitrogens is 3. The maximum Gasteiger partial charge on any atom is 0.235 e. The van der Waals surface area contributed by atoms with Crippen molar-refractivity contribution in [2.75, 3.05) is 17.1 Å². The highest BCUT2D eigenvalue weighted by Crippen LogP contribution is 2.24. The number of hydrogen-bond acceptors (Lipinski definition) is 5. The quantitative estimate of drug-likeness (QED) is 0.867. The van der Waals surface area contributed by atoms with Crippen LogP contribution in [0.2, 0.25) is 0 Å². The second-order valence-electron chi connectivity index (χ2n) is 5.40. The molecule has 1 atom stereocenters. The third kappa shape index (κ3) is 4.05. The Kier molecular flexibility index (Phi) is 4.58. The number of anilines is 1. The molecule has 2 N–H and O–H groups in total. The lowest BCUT2D eigenvalue weighted by atomic mass is 10.1. The lowest BCUT2D eigenvalue weighted by Gasteiger charge is -2.22. The first-order valence-electron chi connectivity index (χ1n) is 7.31. The monoisotopic (exact) mass is 340 g/mol. The van der Waals surface area contributed by atoms with E-state index in [1.807, 2.05) is 0 Å². The molecule has 0 aliphatic carbocycles. The third-order valence-electron chi connectivity index (χ3n) is 3.59. The number of nitrogens with one attached hydrogen (secondary N) is 2. The van der Waals surface area contributed by atoms with Gasteiger partial charge in [-0.25, -0.2) is 17.8 Å². The Bertz CT molecular complexity index is 758. The zero-order valence-electron chi connectivity index (χ0n) is 12.3. The summed E-state index contributed by atoms with van der Waals surface area (Å²) in [4.78, 5) is 3.87. The molecule has 2 heterocycles. The van der Waals surface area contributed by atoms with Gasteiger partial charge in [0.2, 0.25) is 10.0 Å². The lowest BCUT2D eigenvalue weighted by Crippen LogP contribution is -2.30. The van der Waals surface area contributed by atoms with Gasteiger partial charge in [-0.05, 0) is 37.5 Å². The molecular formula is C14H17FN4O3S. The fourth-order valence-corrected chi connectivity index (χ4v) is 3.83. The van der Waals surface area contributed by atoms with Crippen LogP contribution in [-0.2, 0) is 14.8 Å². The molecule has 1 unspecified atom stereocenters. The van der Waals surface area contributed by atoms with Crippen LogP contribution in [0.5, 0.6) is 0 Å². The molecule has 1 aliphatic rings. The number of nitrogens with zero attached hydrogens (tertiary/aromatic N) is 2. The van der Waals surface area contributed by atoms with Gasteiger partial charge in [0.25, 0.3) is 0 Å². The van der Waals surface area contributed by atoms with Gasteiger partial charge >= 0.3 is 0 Å². The predicted molar refractivity (Wildman–Crippen MR) is 82.8 cm³/mol. The van der Waals surface area contributed by atoms with Crippen molar-refractivity contribution in [3.05, 3.63) is 30.3 Å². The fraction of sp³-hybridized carbons (Fsp3) is 0.429. The van der Waals surface area contributed by atoms with Gasteiger partial charge in [-0.2, -0.15) is 5.10 Å². The van der Waals surface area contributed by atoms with E-state index >= 15 is 0 Å². The van der Waals surface area contributed by atoms with Crippen LogP contribution >= 0.6 is 0 Å². The van der Waals surface area contributed by atoms with Crippen LogP contribution in [0.25, 0.3) is 11.4 Å². The molecule has 0 radical (unpaired) electrons. The average Bonchev–Trinajstić information content (AvgIpc) is 3.03. The van der Waals surface area contributed by atoms with Gasteiger partial charge in [0, 0.05) is 12.3 Å². The highest BCUT2D eigenvalue weighted by Gasteiger charge is 2.22. The van der Waals surface area contributed by atoms with E-state index in [0.29, 0.717) is 6.61 Å². The summed E-state index contributed by atoms with van der Waals surface area (Å²) in [6.45, 7) is 0.590. The normalized spacial score (nSPS) is 18.7. The SMILES string of the molecule is O=S(=O)(CC1CCCCO1)Nc1ccc(F)c(-c2ncn[nH]2)c1. The molecule has 124 valence electrons. The molecule has 0 spiro atoms. The zero-order valence-corrected chi connectivity index (χ0v) is 13.1. The van der Waals surface area contributed by atoms with Crippen LogP contribution in [0.3, 0.4) is 0 Å². The molecule has 1 fully saturated rings. The summed E-state index contributed by atoms with van der Waals surface area (Å²) in [5, 5.41) is 6.21. The van der Waals surface area contributed by atoms with Crippen LogP contribution in [0.4, 0.5) is 10.1 Å². The van der Waals surface area contributed by atoms with Crippen LogP contribution in [0, 0.1) is 5.82 Å². The topological polar surface area (TPSA) is 97.0 Å². The Morgan fingerprint density at radius 2 is 2.26 bits per heavy atom. The molecule has 0 saturated carbocycles. The fourth-order valence-electron chi connectivity index (χ4n) is 2.51. The highest BCUT2D eigenvalue weighted by molar-refractivity contribution is 7.92. The van der Waals surface area contributed by atoms with Crippen LogP contribution in [0.15, 0.2) is 24.5 Å². The average molecular weight is 340 g/mol. The molecule has 7 nitrogen and oxygen atoms in total. The molecule has 2 aromatic rings. The number of rotatable bonds is 5. The Morgan fingerprint density at radius 1 is 1.39 bits per heavy atom. The van der Waals surface area contributed by atoms with E-state index in [1.54, 1.807) is 0 Å². The number of H-pyrrole nitrogens is 1. The van der Waals surface area contributed by atoms with Gasteiger partial charge in [0.05, 0.1) is 17.4 Å². The van der Waals surface area contributed by atoms with Crippen LogP contribution in [-0.4, -0.2) is 42.1 Å². The standard InChI is InChI=1S/C14H17FN4O3S/c15-13-5-4-10(7-12(13)14-16-9-17-18-14)19-23(20,21)8-11-3-1-2-6-22-11/h4-5,7,9,11,19H,1-3,6,8H2,(H,16,17,18). The first-order valence-corrected chi connectivity index (χ1v) is 8.96. The number of hydrogen-bond donors (Lipinski definition) is 2. The van der Waals surface area contributed by atoms with E-state index in [1.165, 1.54) is 24.5 Å². The van der Waals surface area contributed by atoms with Gasteiger partial charge in [-0.1, -0.05) is 0 Å². The maximum absolute atomic E-state index is 13.9. The van der Waals surface area contributed by atoms with Gasteiger partial charge in [0.15, 0.2) is 5.82 Å². The third-order valence-corrected chi connectivity index (χ3v) is 4.95. The second kappa shape index (κ2) is 6.63. The van der Waals surface area contributed by atoms with E-state index in [-0.39, 0.29) is 28.9 Å². The highest BCUT2D eigenvalue weighted by atomic mass is 32.2. The van der Waals surface area contributed by atoms with Gasteiger partial charge in [0.1, 0.15) is 12.1 Å². The van der Waals surface area contributed by atoms with Crippen LogP contribution < -0.4 is 4.72 Å². The van der Waals surface area contributed by atoms with Gasteiger partial charge in [-0.3, -0.25) is 9.82 Å². The van der Waals surface area contributed by atoms with Crippen molar-refractivity contribution in [1.29, 1.82) is 0 Å². The number of sulfonamides is 1. The lowest BCUT2D eigenvalue weighted by molar-refractivity contribution is 0.0306. The minimum absolute atomic E-state index is 0.109. The predicted octanol–water partition coefficient (Wildman–Crippen LogP) is 1.92. The molecule has 9 heteroatoms. The van der Waals surface area contributed by atoms with Crippen molar-refractivity contribution in [1.82, 2.24) is 15.2 Å². The van der Waals surface area contributed by atoms with Gasteiger partial charge < -0.3 is 4.74 Å². The summed E-state index contributed by atoms with van der Waals surface area (Å²) in [6, 6.07) is 3.94. The second-order valence-corrected chi connectivity index (χ2v) is 7.17. The number of halogens is 1. The molecule has 1 aromatic heterocycles. The molecule has 0 bridgehead atoms. The molecular weight excluding hydrogens is 323 g/mol. The molecule has 1 aliphatic heterocycles. The number of benzene rings is 1. The zero-order chi connectivity index (χ0) is 16.3. The summed E-state index contributed by atoms with van der Waals surface area (Å²) in [5.74, 6) is -0.387. The smallest absolute Gasteiger partial charge is 0.235 e.